The Morgan fingerprint density at radius 3 is 1.52 bits per heavy atom. The van der Waals surface area contributed by atoms with Crippen molar-refractivity contribution in [3.05, 3.63) is 40.5 Å². The van der Waals surface area contributed by atoms with Crippen molar-refractivity contribution >= 4 is 25.3 Å². The Balaban J connectivity index is 3.11. The molecule has 0 aliphatic rings. The standard InChI is InChI=1S/C29H43O2S2/c1-26(2,3)18-14-17(15-19(16-18)27(4,5)6)20-24(32)21(28(7,8)9)23(31)22(25(20)33)29(10,11)12-13-30/h14-15,30-33H,12-13H2,1-11H3. The van der Waals surface area contributed by atoms with Crippen molar-refractivity contribution in [2.24, 2.45) is 0 Å². The SMILES string of the molecule is CC(C)(C)c1[c]c(C(C)(C)C)cc(-c2c(S)c(C(C)(C)C)c(O)c(C(C)(C)CCO)c2S)c1. The Morgan fingerprint density at radius 2 is 1.15 bits per heavy atom. The molecule has 2 nitrogen and oxygen atoms in total. The number of benzene rings is 2. The van der Waals surface area contributed by atoms with E-state index >= 15 is 0 Å². The van der Waals surface area contributed by atoms with Gasteiger partial charge in [0.05, 0.1) is 0 Å². The smallest absolute Gasteiger partial charge is 0.125 e. The van der Waals surface area contributed by atoms with Crippen LogP contribution < -0.4 is 0 Å². The first kappa shape index (κ1) is 28.1. The molecule has 1 radical (unpaired) electrons. The largest absolute Gasteiger partial charge is 0.507 e. The number of phenols is 1. The predicted octanol–water partition coefficient (Wildman–Crippen LogP) is 7.99. The molecule has 0 atom stereocenters. The fraction of sp³-hybridized carbons (Fsp3) is 0.586. The van der Waals surface area contributed by atoms with Crippen LogP contribution in [-0.4, -0.2) is 16.8 Å². The van der Waals surface area contributed by atoms with E-state index in [9.17, 15) is 10.2 Å². The van der Waals surface area contributed by atoms with E-state index in [1.807, 2.05) is 13.8 Å². The van der Waals surface area contributed by atoms with Crippen molar-refractivity contribution in [1.82, 2.24) is 0 Å². The van der Waals surface area contributed by atoms with Crippen molar-refractivity contribution in [1.29, 1.82) is 0 Å². The monoisotopic (exact) mass is 487 g/mol. The summed E-state index contributed by atoms with van der Waals surface area (Å²) in [5, 5.41) is 21.2. The van der Waals surface area contributed by atoms with Crippen LogP contribution in [0.15, 0.2) is 21.9 Å². The first-order valence-electron chi connectivity index (χ1n) is 11.7. The fourth-order valence-electron chi connectivity index (χ4n) is 4.26. The molecule has 0 saturated carbocycles. The van der Waals surface area contributed by atoms with Crippen molar-refractivity contribution in [2.45, 2.75) is 114 Å². The summed E-state index contributed by atoms with van der Waals surface area (Å²) in [5.41, 5.74) is 4.84. The van der Waals surface area contributed by atoms with E-state index in [2.05, 4.69) is 80.5 Å². The fourth-order valence-corrected chi connectivity index (χ4v) is 5.68. The summed E-state index contributed by atoms with van der Waals surface area (Å²) in [5.74, 6) is 0.231. The molecule has 0 aliphatic carbocycles. The highest BCUT2D eigenvalue weighted by Crippen LogP contribution is 2.52. The second-order valence-corrected chi connectivity index (χ2v) is 13.9. The van der Waals surface area contributed by atoms with Gasteiger partial charge in [0.15, 0.2) is 0 Å². The third-order valence-electron chi connectivity index (χ3n) is 6.36. The number of hydrogen-bond acceptors (Lipinski definition) is 4. The summed E-state index contributed by atoms with van der Waals surface area (Å²) in [4.78, 5) is 1.47. The third kappa shape index (κ3) is 5.77. The number of aliphatic hydroxyl groups is 1. The van der Waals surface area contributed by atoms with Crippen LogP contribution in [0, 0.1) is 6.07 Å². The Hall–Kier alpha value is -1.10. The molecular weight excluding hydrogens is 444 g/mol. The molecule has 0 saturated heterocycles. The molecule has 2 rings (SSSR count). The lowest BCUT2D eigenvalue weighted by Gasteiger charge is -2.34. The molecule has 0 amide bonds. The average Bonchev–Trinajstić information content (AvgIpc) is 2.58. The number of thiol groups is 2. The van der Waals surface area contributed by atoms with Gasteiger partial charge in [0, 0.05) is 33.1 Å². The maximum Gasteiger partial charge on any atom is 0.125 e. The average molecular weight is 488 g/mol. The molecular formula is C29H43O2S2. The molecule has 0 heterocycles. The highest BCUT2D eigenvalue weighted by Gasteiger charge is 2.35. The van der Waals surface area contributed by atoms with Crippen LogP contribution in [0.5, 0.6) is 5.75 Å². The van der Waals surface area contributed by atoms with Crippen molar-refractivity contribution < 1.29 is 10.2 Å². The van der Waals surface area contributed by atoms with Gasteiger partial charge in [0.2, 0.25) is 0 Å². The van der Waals surface area contributed by atoms with E-state index in [4.69, 9.17) is 25.3 Å². The van der Waals surface area contributed by atoms with Crippen molar-refractivity contribution in [2.75, 3.05) is 6.61 Å². The minimum absolute atomic E-state index is 0.0328. The molecule has 0 spiro atoms. The summed E-state index contributed by atoms with van der Waals surface area (Å²) in [6.07, 6.45) is 0.520. The van der Waals surface area contributed by atoms with Crippen LogP contribution in [0.2, 0.25) is 0 Å². The molecule has 2 aromatic rings. The van der Waals surface area contributed by atoms with Gasteiger partial charge in [-0.1, -0.05) is 76.2 Å². The predicted molar refractivity (Wildman–Crippen MR) is 148 cm³/mol. The van der Waals surface area contributed by atoms with E-state index in [-0.39, 0.29) is 28.6 Å². The maximum absolute atomic E-state index is 11.5. The van der Waals surface area contributed by atoms with Crippen LogP contribution in [-0.2, 0) is 21.7 Å². The maximum atomic E-state index is 11.5. The first-order valence-corrected chi connectivity index (χ1v) is 12.6. The molecule has 2 aromatic carbocycles. The lowest BCUT2D eigenvalue weighted by molar-refractivity contribution is 0.248. The van der Waals surface area contributed by atoms with Gasteiger partial charge in [-0.25, -0.2) is 0 Å². The minimum Gasteiger partial charge on any atom is -0.507 e. The van der Waals surface area contributed by atoms with Gasteiger partial charge in [-0.3, -0.25) is 0 Å². The van der Waals surface area contributed by atoms with Gasteiger partial charge in [-0.2, -0.15) is 0 Å². The molecule has 0 aliphatic heterocycles. The Kier molecular flexibility index (Phi) is 7.82. The summed E-state index contributed by atoms with van der Waals surface area (Å²) in [6.45, 7) is 23.6. The van der Waals surface area contributed by atoms with E-state index in [0.717, 1.165) is 43.2 Å². The zero-order valence-electron chi connectivity index (χ0n) is 22.4. The number of phenolic OH excluding ortho intramolecular Hbond substituents is 1. The Labute approximate surface area is 213 Å². The molecule has 183 valence electrons. The Bertz CT molecular complexity index is 998. The summed E-state index contributed by atoms with van der Waals surface area (Å²) in [6, 6.07) is 8.04. The van der Waals surface area contributed by atoms with E-state index < -0.39 is 5.41 Å². The van der Waals surface area contributed by atoms with Gasteiger partial charge in [0.25, 0.3) is 0 Å². The van der Waals surface area contributed by atoms with Gasteiger partial charge in [-0.05, 0) is 63.0 Å². The lowest BCUT2D eigenvalue weighted by atomic mass is 9.74. The molecule has 2 N–H and O–H groups in total. The summed E-state index contributed by atoms with van der Waals surface area (Å²) >= 11 is 10.0. The van der Waals surface area contributed by atoms with E-state index in [1.54, 1.807) is 0 Å². The van der Waals surface area contributed by atoms with Gasteiger partial charge >= 0.3 is 0 Å². The zero-order chi connectivity index (χ0) is 25.7. The number of hydrogen-bond donors (Lipinski definition) is 4. The van der Waals surface area contributed by atoms with Gasteiger partial charge < -0.3 is 10.2 Å². The summed E-state index contributed by atoms with van der Waals surface area (Å²) < 4.78 is 0. The van der Waals surface area contributed by atoms with Crippen LogP contribution in [0.25, 0.3) is 11.1 Å². The van der Waals surface area contributed by atoms with Crippen LogP contribution in [0.1, 0.15) is 105 Å². The normalized spacial score (nSPS) is 13.5. The minimum atomic E-state index is -0.466. The number of rotatable bonds is 4. The first-order chi connectivity index (χ1) is 14.7. The molecule has 4 heteroatoms. The lowest BCUT2D eigenvalue weighted by Crippen LogP contribution is -2.23. The Morgan fingerprint density at radius 1 is 0.727 bits per heavy atom. The topological polar surface area (TPSA) is 40.5 Å². The second-order valence-electron chi connectivity index (χ2n) is 13.0. The highest BCUT2D eigenvalue weighted by molar-refractivity contribution is 7.81. The molecule has 0 aromatic heterocycles. The van der Waals surface area contributed by atoms with Crippen molar-refractivity contribution in [3.63, 3.8) is 0 Å². The molecule has 33 heavy (non-hydrogen) atoms. The highest BCUT2D eigenvalue weighted by atomic mass is 32.1. The molecule has 0 unspecified atom stereocenters. The summed E-state index contributed by atoms with van der Waals surface area (Å²) in [7, 11) is 0. The zero-order valence-corrected chi connectivity index (χ0v) is 24.1. The number of aromatic hydroxyl groups is 1. The quantitative estimate of drug-likeness (QED) is 0.330. The second kappa shape index (κ2) is 9.17. The van der Waals surface area contributed by atoms with Crippen molar-refractivity contribution in [3.8, 4) is 16.9 Å². The van der Waals surface area contributed by atoms with Gasteiger partial charge in [0.1, 0.15) is 5.75 Å². The van der Waals surface area contributed by atoms with Gasteiger partial charge in [-0.15, -0.1) is 25.3 Å². The van der Waals surface area contributed by atoms with Crippen LogP contribution in [0.3, 0.4) is 0 Å². The van der Waals surface area contributed by atoms with E-state index in [0.29, 0.717) is 6.42 Å². The molecule has 0 fully saturated rings. The molecule has 0 bridgehead atoms. The van der Waals surface area contributed by atoms with E-state index in [1.165, 1.54) is 0 Å². The number of aliphatic hydroxyl groups excluding tert-OH is 1. The van der Waals surface area contributed by atoms with Crippen LogP contribution >= 0.6 is 25.3 Å². The van der Waals surface area contributed by atoms with Crippen LogP contribution in [0.4, 0.5) is 0 Å². The third-order valence-corrected chi connectivity index (χ3v) is 7.25.